The highest BCUT2D eigenvalue weighted by Crippen LogP contribution is 2.30. The summed E-state index contributed by atoms with van der Waals surface area (Å²) in [7, 11) is 0. The summed E-state index contributed by atoms with van der Waals surface area (Å²) in [6.07, 6.45) is 8.44. The molecule has 1 fully saturated rings. The number of carbonyl (C=O) groups is 1. The molecule has 1 aliphatic carbocycles. The first kappa shape index (κ1) is 10.9. The van der Waals surface area contributed by atoms with Crippen molar-refractivity contribution in [3.63, 3.8) is 0 Å². The second-order valence-corrected chi connectivity index (χ2v) is 4.27. The Morgan fingerprint density at radius 3 is 3.00 bits per heavy atom. The van der Waals surface area contributed by atoms with Gasteiger partial charge in [0.2, 0.25) is 0 Å². The van der Waals surface area contributed by atoms with Gasteiger partial charge in [-0.25, -0.2) is 4.79 Å². The van der Waals surface area contributed by atoms with E-state index < -0.39 is 5.97 Å². The maximum atomic E-state index is 10.8. The van der Waals surface area contributed by atoms with Gasteiger partial charge in [-0.3, -0.25) is 4.68 Å². The standard InChI is InChI=1S/C12H16N2O2/c1-2-11(12(15)16)5-10-6-13-14(8-10)7-9-3-4-9/h5-6,8-9H,2-4,7H2,1H3,(H,15,16). The number of nitrogens with zero attached hydrogens (tertiary/aromatic N) is 2. The van der Waals surface area contributed by atoms with Crippen LogP contribution in [0.4, 0.5) is 0 Å². The summed E-state index contributed by atoms with van der Waals surface area (Å²) in [4.78, 5) is 10.8. The van der Waals surface area contributed by atoms with Gasteiger partial charge in [0.1, 0.15) is 0 Å². The molecule has 1 saturated carbocycles. The van der Waals surface area contributed by atoms with Crippen LogP contribution in [0.15, 0.2) is 18.0 Å². The summed E-state index contributed by atoms with van der Waals surface area (Å²) in [5, 5.41) is 13.1. The van der Waals surface area contributed by atoms with Crippen LogP contribution >= 0.6 is 0 Å². The van der Waals surface area contributed by atoms with E-state index in [1.807, 2.05) is 17.8 Å². The lowest BCUT2D eigenvalue weighted by Gasteiger charge is -1.97. The quantitative estimate of drug-likeness (QED) is 0.774. The fraction of sp³-hybridized carbons (Fsp3) is 0.500. The summed E-state index contributed by atoms with van der Waals surface area (Å²) in [5.41, 5.74) is 1.30. The Labute approximate surface area is 94.6 Å². The van der Waals surface area contributed by atoms with Crippen molar-refractivity contribution in [2.75, 3.05) is 0 Å². The van der Waals surface area contributed by atoms with Gasteiger partial charge in [-0.15, -0.1) is 0 Å². The van der Waals surface area contributed by atoms with E-state index in [1.165, 1.54) is 12.8 Å². The van der Waals surface area contributed by atoms with Crippen molar-refractivity contribution in [1.82, 2.24) is 9.78 Å². The molecule has 0 spiro atoms. The molecule has 4 heteroatoms. The lowest BCUT2D eigenvalue weighted by Crippen LogP contribution is -1.99. The molecule has 1 aromatic heterocycles. The zero-order valence-electron chi connectivity index (χ0n) is 9.39. The molecule has 0 saturated heterocycles. The summed E-state index contributed by atoms with van der Waals surface area (Å²) in [6, 6.07) is 0. The van der Waals surface area contributed by atoms with Gasteiger partial charge in [-0.05, 0) is 31.3 Å². The largest absolute Gasteiger partial charge is 0.478 e. The molecule has 0 radical (unpaired) electrons. The zero-order chi connectivity index (χ0) is 11.5. The predicted molar refractivity (Wildman–Crippen MR) is 60.9 cm³/mol. The minimum atomic E-state index is -0.850. The van der Waals surface area contributed by atoms with Gasteiger partial charge in [-0.1, -0.05) is 6.92 Å². The van der Waals surface area contributed by atoms with E-state index in [9.17, 15) is 4.79 Å². The number of carboxylic acids is 1. The lowest BCUT2D eigenvalue weighted by molar-refractivity contribution is -0.132. The fourth-order valence-electron chi connectivity index (χ4n) is 1.64. The zero-order valence-corrected chi connectivity index (χ0v) is 9.39. The molecule has 0 unspecified atom stereocenters. The highest BCUT2D eigenvalue weighted by molar-refractivity contribution is 5.91. The minimum absolute atomic E-state index is 0.422. The van der Waals surface area contributed by atoms with Crippen LogP contribution in [-0.4, -0.2) is 20.9 Å². The molecular formula is C12H16N2O2. The van der Waals surface area contributed by atoms with E-state index >= 15 is 0 Å². The Bertz CT molecular complexity index is 416. The fourth-order valence-corrected chi connectivity index (χ4v) is 1.64. The van der Waals surface area contributed by atoms with E-state index in [2.05, 4.69) is 5.10 Å². The number of aromatic nitrogens is 2. The minimum Gasteiger partial charge on any atom is -0.478 e. The second kappa shape index (κ2) is 4.51. The molecule has 0 aromatic carbocycles. The normalized spacial score (nSPS) is 16.4. The molecule has 0 atom stereocenters. The van der Waals surface area contributed by atoms with Crippen molar-refractivity contribution in [2.45, 2.75) is 32.7 Å². The summed E-state index contributed by atoms with van der Waals surface area (Å²) in [5.74, 6) is -0.0701. The Morgan fingerprint density at radius 1 is 1.69 bits per heavy atom. The highest BCUT2D eigenvalue weighted by Gasteiger charge is 2.21. The SMILES string of the molecule is CCC(=Cc1cnn(CC2CC2)c1)C(=O)O. The molecule has 1 heterocycles. The number of carboxylic acid groups (broad SMARTS) is 1. The molecule has 86 valence electrons. The first-order chi connectivity index (χ1) is 7.69. The van der Waals surface area contributed by atoms with Crippen molar-refractivity contribution in [2.24, 2.45) is 5.92 Å². The summed E-state index contributed by atoms with van der Waals surface area (Å²) in [6.45, 7) is 2.80. The van der Waals surface area contributed by atoms with Gasteiger partial charge in [0.05, 0.1) is 6.20 Å². The van der Waals surface area contributed by atoms with Crippen LogP contribution < -0.4 is 0 Å². The Kier molecular flexibility index (Phi) is 3.08. The van der Waals surface area contributed by atoms with E-state index in [1.54, 1.807) is 12.3 Å². The molecule has 1 aliphatic rings. The van der Waals surface area contributed by atoms with Crippen LogP contribution in [0.3, 0.4) is 0 Å². The van der Waals surface area contributed by atoms with Crippen LogP contribution in [0, 0.1) is 5.92 Å². The number of aliphatic carboxylic acids is 1. The van der Waals surface area contributed by atoms with Crippen LogP contribution in [-0.2, 0) is 11.3 Å². The van der Waals surface area contributed by atoms with Gasteiger partial charge in [0.15, 0.2) is 0 Å². The van der Waals surface area contributed by atoms with Gasteiger partial charge in [-0.2, -0.15) is 5.10 Å². The van der Waals surface area contributed by atoms with Crippen LogP contribution in [0.25, 0.3) is 6.08 Å². The molecule has 16 heavy (non-hydrogen) atoms. The Balaban J connectivity index is 2.07. The third-order valence-corrected chi connectivity index (χ3v) is 2.79. The van der Waals surface area contributed by atoms with E-state index in [4.69, 9.17) is 5.11 Å². The monoisotopic (exact) mass is 220 g/mol. The van der Waals surface area contributed by atoms with Gasteiger partial charge < -0.3 is 5.11 Å². The summed E-state index contributed by atoms with van der Waals surface area (Å²) < 4.78 is 1.90. The molecular weight excluding hydrogens is 204 g/mol. The first-order valence-electron chi connectivity index (χ1n) is 5.65. The maximum Gasteiger partial charge on any atom is 0.331 e. The van der Waals surface area contributed by atoms with E-state index in [-0.39, 0.29) is 0 Å². The van der Waals surface area contributed by atoms with Crippen LogP contribution in [0.1, 0.15) is 31.7 Å². The maximum absolute atomic E-state index is 10.8. The second-order valence-electron chi connectivity index (χ2n) is 4.27. The van der Waals surface area contributed by atoms with Gasteiger partial charge in [0, 0.05) is 23.9 Å². The smallest absolute Gasteiger partial charge is 0.331 e. The predicted octanol–water partition coefficient (Wildman–Crippen LogP) is 2.17. The van der Waals surface area contributed by atoms with E-state index in [0.717, 1.165) is 18.0 Å². The average Bonchev–Trinajstić information content (AvgIpc) is 2.93. The Hall–Kier alpha value is -1.58. The van der Waals surface area contributed by atoms with Crippen molar-refractivity contribution < 1.29 is 9.90 Å². The molecule has 4 nitrogen and oxygen atoms in total. The first-order valence-corrected chi connectivity index (χ1v) is 5.65. The van der Waals surface area contributed by atoms with Crippen LogP contribution in [0.5, 0.6) is 0 Å². The lowest BCUT2D eigenvalue weighted by atomic mass is 10.1. The molecule has 1 N–H and O–H groups in total. The third kappa shape index (κ3) is 2.72. The van der Waals surface area contributed by atoms with Gasteiger partial charge in [0.25, 0.3) is 0 Å². The van der Waals surface area contributed by atoms with Crippen molar-refractivity contribution in [3.8, 4) is 0 Å². The number of hydrogen-bond donors (Lipinski definition) is 1. The molecule has 0 aliphatic heterocycles. The Morgan fingerprint density at radius 2 is 2.44 bits per heavy atom. The average molecular weight is 220 g/mol. The number of hydrogen-bond acceptors (Lipinski definition) is 2. The van der Waals surface area contributed by atoms with Crippen LogP contribution in [0.2, 0.25) is 0 Å². The van der Waals surface area contributed by atoms with E-state index in [0.29, 0.717) is 12.0 Å². The summed E-state index contributed by atoms with van der Waals surface area (Å²) >= 11 is 0. The van der Waals surface area contributed by atoms with Crippen molar-refractivity contribution in [3.05, 3.63) is 23.5 Å². The topological polar surface area (TPSA) is 55.1 Å². The highest BCUT2D eigenvalue weighted by atomic mass is 16.4. The van der Waals surface area contributed by atoms with Gasteiger partial charge >= 0.3 is 5.97 Å². The number of rotatable bonds is 5. The van der Waals surface area contributed by atoms with Crippen molar-refractivity contribution >= 4 is 12.0 Å². The molecule has 0 amide bonds. The van der Waals surface area contributed by atoms with Crippen molar-refractivity contribution in [1.29, 1.82) is 0 Å². The molecule has 1 aromatic rings. The third-order valence-electron chi connectivity index (χ3n) is 2.79. The molecule has 0 bridgehead atoms. The molecule has 2 rings (SSSR count).